The Balaban J connectivity index is 2.03. The fourth-order valence-electron chi connectivity index (χ4n) is 4.01. The lowest BCUT2D eigenvalue weighted by Crippen LogP contribution is -2.51. The highest BCUT2D eigenvalue weighted by atomic mass is 16.5. The molecular weight excluding hydrogens is 300 g/mol. The fraction of sp³-hybridized carbons (Fsp3) is 0.375. The summed E-state index contributed by atoms with van der Waals surface area (Å²) >= 11 is 0. The molecule has 1 saturated heterocycles. The van der Waals surface area contributed by atoms with Gasteiger partial charge in [0.25, 0.3) is 0 Å². The molecule has 118 valence electrons. The van der Waals surface area contributed by atoms with E-state index >= 15 is 0 Å². The van der Waals surface area contributed by atoms with Crippen LogP contribution in [0.1, 0.15) is 17.5 Å². The van der Waals surface area contributed by atoms with Crippen LogP contribution in [0.25, 0.3) is 0 Å². The van der Waals surface area contributed by atoms with Crippen LogP contribution < -0.4 is 10.2 Å². The number of carbonyl (C=O) groups is 4. The first-order valence-electron chi connectivity index (χ1n) is 7.41. The summed E-state index contributed by atoms with van der Waals surface area (Å²) in [6, 6.07) is 5.30. The molecule has 3 aliphatic rings. The maximum absolute atomic E-state index is 13.1. The van der Waals surface area contributed by atoms with E-state index in [0.717, 1.165) is 25.5 Å². The Morgan fingerprint density at radius 3 is 2.87 bits per heavy atom. The molecule has 3 heterocycles. The molecule has 2 atom stereocenters. The molecule has 1 spiro atoms. The van der Waals surface area contributed by atoms with Crippen LogP contribution >= 0.6 is 0 Å². The smallest absolute Gasteiger partial charge is 0.320 e. The van der Waals surface area contributed by atoms with Crippen LogP contribution in [0, 0.1) is 5.92 Å². The number of imide groups is 1. The van der Waals surface area contributed by atoms with Crippen molar-refractivity contribution in [1.29, 1.82) is 0 Å². The Hall–Kier alpha value is -2.70. The highest BCUT2D eigenvalue weighted by Gasteiger charge is 2.70. The molecular formula is C16H14N2O5. The van der Waals surface area contributed by atoms with Gasteiger partial charge in [-0.15, -0.1) is 0 Å². The lowest BCUT2D eigenvalue weighted by atomic mass is 9.72. The summed E-state index contributed by atoms with van der Waals surface area (Å²) in [6.07, 6.45) is 1.57. The minimum absolute atomic E-state index is 0.429. The van der Waals surface area contributed by atoms with Crippen LogP contribution in [0.15, 0.2) is 18.2 Å². The number of fused-ring (bicyclic) bond motifs is 1. The molecule has 7 heteroatoms. The highest BCUT2D eigenvalue weighted by Crippen LogP contribution is 2.51. The first-order chi connectivity index (χ1) is 11.0. The number of esters is 1. The van der Waals surface area contributed by atoms with E-state index in [1.165, 1.54) is 4.90 Å². The van der Waals surface area contributed by atoms with Crippen molar-refractivity contribution < 1.29 is 23.9 Å². The Kier molecular flexibility index (Phi) is 2.67. The number of ether oxygens (including phenoxy) is 1. The van der Waals surface area contributed by atoms with E-state index in [9.17, 15) is 19.2 Å². The third-order valence-electron chi connectivity index (χ3n) is 4.95. The second-order valence-corrected chi connectivity index (χ2v) is 5.96. The molecule has 1 aromatic rings. The molecule has 1 N–H and O–H groups in total. The van der Waals surface area contributed by atoms with Gasteiger partial charge in [0.1, 0.15) is 0 Å². The second-order valence-electron chi connectivity index (χ2n) is 5.96. The first-order valence-corrected chi connectivity index (χ1v) is 7.41. The van der Waals surface area contributed by atoms with Crippen molar-refractivity contribution >= 4 is 29.4 Å². The van der Waals surface area contributed by atoms with Gasteiger partial charge in [-0.1, -0.05) is 18.2 Å². The molecule has 0 saturated carbocycles. The van der Waals surface area contributed by atoms with Crippen molar-refractivity contribution in [2.24, 2.45) is 5.92 Å². The molecule has 2 unspecified atom stereocenters. The van der Waals surface area contributed by atoms with E-state index in [2.05, 4.69) is 5.32 Å². The standard InChI is InChI=1S/C16H14N2O5/c1-23-13(20)10-12(19)17-14(21)16(10)9-6-2-4-8-5-3-7-18(11(8)9)15(16)22/h2,4,6,10H,3,5,7H2,1H3,(H,17,19,21). The predicted molar refractivity (Wildman–Crippen MR) is 77.4 cm³/mol. The van der Waals surface area contributed by atoms with Crippen LogP contribution in [-0.2, 0) is 35.8 Å². The van der Waals surface area contributed by atoms with E-state index in [1.807, 2.05) is 6.07 Å². The summed E-state index contributed by atoms with van der Waals surface area (Å²) < 4.78 is 4.69. The third-order valence-corrected chi connectivity index (χ3v) is 4.95. The number of methoxy groups -OCH3 is 1. The molecule has 0 aliphatic carbocycles. The molecule has 7 nitrogen and oxygen atoms in total. The highest BCUT2D eigenvalue weighted by molar-refractivity contribution is 6.33. The lowest BCUT2D eigenvalue weighted by molar-refractivity contribution is -0.154. The van der Waals surface area contributed by atoms with Crippen molar-refractivity contribution in [3.05, 3.63) is 29.3 Å². The number of amides is 3. The zero-order valence-corrected chi connectivity index (χ0v) is 12.4. The molecule has 0 aromatic heterocycles. The number of hydrogen-bond donors (Lipinski definition) is 1. The van der Waals surface area contributed by atoms with Gasteiger partial charge in [0.15, 0.2) is 11.3 Å². The van der Waals surface area contributed by atoms with Crippen LogP contribution in [-0.4, -0.2) is 37.3 Å². The maximum Gasteiger partial charge on any atom is 0.320 e. The quantitative estimate of drug-likeness (QED) is 0.435. The van der Waals surface area contributed by atoms with Crippen molar-refractivity contribution in [2.75, 3.05) is 18.6 Å². The summed E-state index contributed by atoms with van der Waals surface area (Å²) in [5.74, 6) is -4.40. The monoisotopic (exact) mass is 314 g/mol. The average molecular weight is 314 g/mol. The summed E-state index contributed by atoms with van der Waals surface area (Å²) in [7, 11) is 1.14. The number of para-hydroxylation sites is 1. The van der Waals surface area contributed by atoms with Gasteiger partial charge in [-0.3, -0.25) is 24.5 Å². The normalized spacial score (nSPS) is 28.1. The maximum atomic E-state index is 13.1. The largest absolute Gasteiger partial charge is 0.468 e. The molecule has 1 fully saturated rings. The van der Waals surface area contributed by atoms with Gasteiger partial charge in [0.2, 0.25) is 17.7 Å². The Bertz CT molecular complexity index is 787. The van der Waals surface area contributed by atoms with Gasteiger partial charge in [-0.25, -0.2) is 0 Å². The SMILES string of the molecule is COC(=O)C1C(=O)NC(=O)C12C(=O)N1CCCc3cccc2c31. The summed E-state index contributed by atoms with van der Waals surface area (Å²) in [4.78, 5) is 51.6. The van der Waals surface area contributed by atoms with Gasteiger partial charge in [0.05, 0.1) is 12.8 Å². The van der Waals surface area contributed by atoms with Gasteiger partial charge in [-0.2, -0.15) is 0 Å². The molecule has 3 amide bonds. The zero-order chi connectivity index (χ0) is 16.4. The molecule has 0 bridgehead atoms. The average Bonchev–Trinajstić information content (AvgIpc) is 2.96. The van der Waals surface area contributed by atoms with Gasteiger partial charge < -0.3 is 9.64 Å². The first kappa shape index (κ1) is 13.9. The van der Waals surface area contributed by atoms with Gasteiger partial charge in [0, 0.05) is 12.1 Å². The van der Waals surface area contributed by atoms with E-state index in [0.29, 0.717) is 17.8 Å². The summed E-state index contributed by atoms with van der Waals surface area (Å²) in [5, 5.41) is 2.14. The number of aryl methyl sites for hydroxylation is 1. The third kappa shape index (κ3) is 1.44. The fourth-order valence-corrected chi connectivity index (χ4v) is 4.01. The molecule has 3 aliphatic heterocycles. The van der Waals surface area contributed by atoms with Crippen LogP contribution in [0.4, 0.5) is 5.69 Å². The summed E-state index contributed by atoms with van der Waals surface area (Å²) in [5.41, 5.74) is 0.218. The number of carbonyl (C=O) groups excluding carboxylic acids is 4. The number of nitrogens with zero attached hydrogens (tertiary/aromatic N) is 1. The molecule has 23 heavy (non-hydrogen) atoms. The topological polar surface area (TPSA) is 92.8 Å². The number of hydrogen-bond acceptors (Lipinski definition) is 5. The number of nitrogens with one attached hydrogen (secondary N) is 1. The minimum atomic E-state index is -1.83. The van der Waals surface area contributed by atoms with E-state index in [4.69, 9.17) is 4.74 Å². The zero-order valence-electron chi connectivity index (χ0n) is 12.4. The second kappa shape index (κ2) is 4.41. The van der Waals surface area contributed by atoms with Crippen molar-refractivity contribution in [3.63, 3.8) is 0 Å². The summed E-state index contributed by atoms with van der Waals surface area (Å²) in [6.45, 7) is 0.472. The van der Waals surface area contributed by atoms with E-state index in [1.54, 1.807) is 12.1 Å². The Morgan fingerprint density at radius 1 is 1.35 bits per heavy atom. The number of rotatable bonds is 1. The number of benzene rings is 1. The van der Waals surface area contributed by atoms with E-state index in [-0.39, 0.29) is 0 Å². The van der Waals surface area contributed by atoms with Crippen molar-refractivity contribution in [3.8, 4) is 0 Å². The van der Waals surface area contributed by atoms with Gasteiger partial charge >= 0.3 is 5.97 Å². The Labute approximate surface area is 131 Å². The van der Waals surface area contributed by atoms with Crippen molar-refractivity contribution in [2.45, 2.75) is 18.3 Å². The molecule has 1 aromatic carbocycles. The van der Waals surface area contributed by atoms with Crippen LogP contribution in [0.5, 0.6) is 0 Å². The Morgan fingerprint density at radius 2 is 2.13 bits per heavy atom. The van der Waals surface area contributed by atoms with Crippen LogP contribution in [0.3, 0.4) is 0 Å². The van der Waals surface area contributed by atoms with E-state index < -0.39 is 35.0 Å². The molecule has 4 rings (SSSR count). The minimum Gasteiger partial charge on any atom is -0.468 e. The van der Waals surface area contributed by atoms with Crippen molar-refractivity contribution in [1.82, 2.24) is 5.32 Å². The van der Waals surface area contributed by atoms with Crippen LogP contribution in [0.2, 0.25) is 0 Å². The predicted octanol–water partition coefficient (Wildman–Crippen LogP) is -0.337. The molecule has 0 radical (unpaired) electrons. The number of anilines is 1. The lowest BCUT2D eigenvalue weighted by Gasteiger charge is -2.26. The van der Waals surface area contributed by atoms with Gasteiger partial charge in [-0.05, 0) is 18.4 Å².